The van der Waals surface area contributed by atoms with Crippen LogP contribution in [0.15, 0.2) is 179 Å². The second-order valence-corrected chi connectivity index (χ2v) is 13.1. The molecular weight excluding hydrogens is 609 g/mol. The van der Waals surface area contributed by atoms with Gasteiger partial charge in [0.2, 0.25) is 0 Å². The Morgan fingerprint density at radius 3 is 1.50 bits per heavy atom. The van der Waals surface area contributed by atoms with Crippen molar-refractivity contribution in [1.29, 1.82) is 0 Å². The number of hydrogen-bond donors (Lipinski definition) is 0. The lowest BCUT2D eigenvalue weighted by molar-refractivity contribution is 0.663. The van der Waals surface area contributed by atoms with Crippen LogP contribution in [0, 0.1) is 0 Å². The van der Waals surface area contributed by atoms with Gasteiger partial charge in [-0.1, -0.05) is 140 Å². The molecule has 0 saturated heterocycles. The van der Waals surface area contributed by atoms with E-state index in [1.165, 1.54) is 54.6 Å². The van der Waals surface area contributed by atoms with Gasteiger partial charge in [-0.2, -0.15) is 0 Å². The largest absolute Gasteiger partial charge is 0.456 e. The molecule has 0 unspecified atom stereocenters. The molecule has 0 fully saturated rings. The van der Waals surface area contributed by atoms with Crippen molar-refractivity contribution in [3.8, 4) is 33.4 Å². The maximum atomic E-state index is 6.71. The molecule has 0 radical (unpaired) electrons. The summed E-state index contributed by atoms with van der Waals surface area (Å²) in [5, 5.41) is 11.7. The van der Waals surface area contributed by atoms with Gasteiger partial charge in [-0.15, -0.1) is 0 Å². The molecule has 0 spiro atoms. The Bertz CT molecular complexity index is 3080. The highest BCUT2D eigenvalue weighted by molar-refractivity contribution is 6.27. The van der Waals surface area contributed by atoms with E-state index in [0.717, 1.165) is 55.0 Å². The zero-order chi connectivity index (χ0) is 32.8. The first kappa shape index (κ1) is 27.3. The Kier molecular flexibility index (Phi) is 5.70. The van der Waals surface area contributed by atoms with Gasteiger partial charge >= 0.3 is 0 Å². The maximum Gasteiger partial charge on any atom is 0.147 e. The van der Waals surface area contributed by atoms with Crippen molar-refractivity contribution in [1.82, 2.24) is 0 Å². The van der Waals surface area contributed by atoms with E-state index in [4.69, 9.17) is 8.83 Å². The van der Waals surface area contributed by atoms with Gasteiger partial charge in [-0.05, 0) is 96.0 Å². The van der Waals surface area contributed by atoms with Crippen molar-refractivity contribution in [2.45, 2.75) is 0 Å². The third-order valence-corrected chi connectivity index (χ3v) is 10.4. The van der Waals surface area contributed by atoms with Crippen LogP contribution in [0.25, 0.3) is 110 Å². The molecule has 0 amide bonds. The van der Waals surface area contributed by atoms with Crippen LogP contribution in [-0.2, 0) is 0 Å². The summed E-state index contributed by atoms with van der Waals surface area (Å²) in [7, 11) is 0. The summed E-state index contributed by atoms with van der Waals surface area (Å²) in [6, 6.07) is 60.9. The van der Waals surface area contributed by atoms with Crippen LogP contribution in [0.1, 0.15) is 0 Å². The van der Waals surface area contributed by atoms with Crippen molar-refractivity contribution in [3.05, 3.63) is 170 Å². The maximum absolute atomic E-state index is 6.71. The Balaban J connectivity index is 1.30. The van der Waals surface area contributed by atoms with Crippen molar-refractivity contribution in [3.63, 3.8) is 0 Å². The van der Waals surface area contributed by atoms with Gasteiger partial charge < -0.3 is 8.83 Å². The smallest absolute Gasteiger partial charge is 0.147 e. The van der Waals surface area contributed by atoms with E-state index in [0.29, 0.717) is 0 Å². The standard InChI is InChI=1S/C48H28O2/c1-2-14-29(15-3-1)44-33-18-6-8-20-35(33)45(36-21-9-7-19-34(36)44)40-27-31(26-30-16-4-5-17-32(30)40)39-28-43-47(38-23-11-12-24-41(38)49-43)48-46(39)37-22-10-13-25-42(37)50-48/h1-28H. The number of furan rings is 2. The summed E-state index contributed by atoms with van der Waals surface area (Å²) in [5.41, 5.74) is 10.6. The van der Waals surface area contributed by atoms with Gasteiger partial charge in [-0.3, -0.25) is 0 Å². The third kappa shape index (κ3) is 3.85. The second-order valence-electron chi connectivity index (χ2n) is 13.1. The van der Waals surface area contributed by atoms with Crippen LogP contribution in [0.4, 0.5) is 0 Å². The normalized spacial score (nSPS) is 12.0. The Labute approximate surface area is 287 Å². The van der Waals surface area contributed by atoms with Gasteiger partial charge in [0.25, 0.3) is 0 Å². The molecule has 11 rings (SSSR count). The summed E-state index contributed by atoms with van der Waals surface area (Å²) in [4.78, 5) is 0. The predicted octanol–water partition coefficient (Wildman–Crippen LogP) is 13.9. The summed E-state index contributed by atoms with van der Waals surface area (Å²) in [5.74, 6) is 0. The lowest BCUT2D eigenvalue weighted by Crippen LogP contribution is -1.92. The zero-order valence-corrected chi connectivity index (χ0v) is 27.0. The number of hydrogen-bond acceptors (Lipinski definition) is 2. The van der Waals surface area contributed by atoms with Crippen LogP contribution in [0.3, 0.4) is 0 Å². The minimum atomic E-state index is 0.825. The van der Waals surface area contributed by atoms with Crippen molar-refractivity contribution < 1.29 is 8.83 Å². The summed E-state index contributed by atoms with van der Waals surface area (Å²) in [6.07, 6.45) is 0. The van der Waals surface area contributed by atoms with Crippen molar-refractivity contribution in [2.24, 2.45) is 0 Å². The Hall–Kier alpha value is -6.64. The average Bonchev–Trinajstić information content (AvgIpc) is 3.75. The van der Waals surface area contributed by atoms with E-state index < -0.39 is 0 Å². The van der Waals surface area contributed by atoms with Gasteiger partial charge in [0, 0.05) is 16.2 Å². The summed E-state index contributed by atoms with van der Waals surface area (Å²) in [6.45, 7) is 0. The fourth-order valence-corrected chi connectivity index (χ4v) is 8.33. The monoisotopic (exact) mass is 636 g/mol. The molecule has 0 bridgehead atoms. The summed E-state index contributed by atoms with van der Waals surface area (Å²) >= 11 is 0. The minimum Gasteiger partial charge on any atom is -0.456 e. The van der Waals surface area contributed by atoms with Gasteiger partial charge in [0.1, 0.15) is 22.3 Å². The van der Waals surface area contributed by atoms with E-state index in [1.807, 2.05) is 18.2 Å². The zero-order valence-electron chi connectivity index (χ0n) is 27.0. The molecule has 2 heterocycles. The van der Waals surface area contributed by atoms with Gasteiger partial charge in [0.05, 0.1) is 5.39 Å². The van der Waals surface area contributed by atoms with Gasteiger partial charge in [0.15, 0.2) is 0 Å². The molecule has 0 saturated carbocycles. The van der Waals surface area contributed by atoms with Crippen LogP contribution in [0.2, 0.25) is 0 Å². The van der Waals surface area contributed by atoms with Crippen molar-refractivity contribution in [2.75, 3.05) is 0 Å². The molecule has 11 aromatic rings. The van der Waals surface area contributed by atoms with Gasteiger partial charge in [-0.25, -0.2) is 0 Å². The number of rotatable bonds is 3. The number of benzene rings is 9. The highest BCUT2D eigenvalue weighted by Gasteiger charge is 2.23. The molecule has 2 heteroatoms. The molecule has 232 valence electrons. The minimum absolute atomic E-state index is 0.825. The number of fused-ring (bicyclic) bond motifs is 10. The number of para-hydroxylation sites is 2. The SMILES string of the molecule is c1ccc(-c2c3ccccc3c(-c3cc(-c4cc5oc6ccccc6c5c5oc6ccccc6c45)cc4ccccc34)c3ccccc23)cc1. The van der Waals surface area contributed by atoms with Crippen LogP contribution < -0.4 is 0 Å². The van der Waals surface area contributed by atoms with E-state index in [2.05, 4.69) is 152 Å². The molecule has 2 nitrogen and oxygen atoms in total. The highest BCUT2D eigenvalue weighted by Crippen LogP contribution is 2.49. The average molecular weight is 637 g/mol. The molecule has 0 N–H and O–H groups in total. The van der Waals surface area contributed by atoms with Crippen LogP contribution in [0.5, 0.6) is 0 Å². The molecule has 0 aliphatic heterocycles. The molecule has 50 heavy (non-hydrogen) atoms. The van der Waals surface area contributed by atoms with E-state index >= 15 is 0 Å². The molecule has 2 aromatic heterocycles. The first-order valence-corrected chi connectivity index (χ1v) is 17.1. The quantitative estimate of drug-likeness (QED) is 0.180. The van der Waals surface area contributed by atoms with E-state index in [9.17, 15) is 0 Å². The molecule has 0 atom stereocenters. The van der Waals surface area contributed by atoms with Crippen LogP contribution >= 0.6 is 0 Å². The van der Waals surface area contributed by atoms with Crippen LogP contribution in [-0.4, -0.2) is 0 Å². The molecular formula is C48H28O2. The van der Waals surface area contributed by atoms with E-state index in [1.54, 1.807) is 0 Å². The fraction of sp³-hybridized carbons (Fsp3) is 0. The second kappa shape index (κ2) is 10.4. The fourth-order valence-electron chi connectivity index (χ4n) is 8.33. The first-order valence-electron chi connectivity index (χ1n) is 17.1. The molecule has 0 aliphatic rings. The molecule has 9 aromatic carbocycles. The van der Waals surface area contributed by atoms with Crippen molar-refractivity contribution >= 4 is 76.2 Å². The molecule has 0 aliphatic carbocycles. The Morgan fingerprint density at radius 1 is 0.300 bits per heavy atom. The first-order chi connectivity index (χ1) is 24.8. The highest BCUT2D eigenvalue weighted by atomic mass is 16.3. The van der Waals surface area contributed by atoms with E-state index in [-0.39, 0.29) is 0 Å². The summed E-state index contributed by atoms with van der Waals surface area (Å²) < 4.78 is 13.2. The third-order valence-electron chi connectivity index (χ3n) is 10.4. The predicted molar refractivity (Wildman–Crippen MR) is 210 cm³/mol. The lowest BCUT2D eigenvalue weighted by atomic mass is 9.83. The Morgan fingerprint density at radius 2 is 0.820 bits per heavy atom. The lowest BCUT2D eigenvalue weighted by Gasteiger charge is -2.20. The topological polar surface area (TPSA) is 26.3 Å².